The van der Waals surface area contributed by atoms with E-state index in [1.54, 1.807) is 7.11 Å². The first-order chi connectivity index (χ1) is 8.56. The van der Waals surface area contributed by atoms with Gasteiger partial charge < -0.3 is 15.4 Å². The van der Waals surface area contributed by atoms with Crippen LogP contribution in [0.3, 0.4) is 0 Å². The summed E-state index contributed by atoms with van der Waals surface area (Å²) < 4.78 is 5.10. The number of nitrogens with one attached hydrogen (secondary N) is 2. The van der Waals surface area contributed by atoms with Gasteiger partial charge >= 0.3 is 6.03 Å². The molecule has 4 nitrogen and oxygen atoms in total. The van der Waals surface area contributed by atoms with Crippen LogP contribution in [0.2, 0.25) is 0 Å². The second kappa shape index (κ2) is 6.89. The molecule has 2 unspecified atom stereocenters. The van der Waals surface area contributed by atoms with Crippen LogP contribution in [0.1, 0.15) is 38.8 Å². The van der Waals surface area contributed by atoms with E-state index in [0.29, 0.717) is 0 Å². The Labute approximate surface area is 109 Å². The molecule has 4 heteroatoms. The van der Waals surface area contributed by atoms with Crippen LogP contribution in [-0.4, -0.2) is 19.2 Å². The zero-order valence-electron chi connectivity index (χ0n) is 11.5. The van der Waals surface area contributed by atoms with Crippen molar-refractivity contribution in [2.24, 2.45) is 0 Å². The zero-order chi connectivity index (χ0) is 13.5. The van der Waals surface area contributed by atoms with Crippen molar-refractivity contribution < 1.29 is 9.53 Å². The van der Waals surface area contributed by atoms with E-state index < -0.39 is 0 Å². The molecule has 1 rings (SSSR count). The molecule has 0 spiro atoms. The molecule has 2 amide bonds. The highest BCUT2D eigenvalue weighted by molar-refractivity contribution is 5.74. The summed E-state index contributed by atoms with van der Waals surface area (Å²) in [5.41, 5.74) is 1.05. The van der Waals surface area contributed by atoms with E-state index in [1.165, 1.54) is 0 Å². The average molecular weight is 250 g/mol. The molecule has 2 atom stereocenters. The van der Waals surface area contributed by atoms with E-state index >= 15 is 0 Å². The van der Waals surface area contributed by atoms with E-state index in [4.69, 9.17) is 4.74 Å². The van der Waals surface area contributed by atoms with E-state index in [-0.39, 0.29) is 18.1 Å². The fourth-order valence-electron chi connectivity index (χ4n) is 1.54. The molecule has 2 N–H and O–H groups in total. The molecule has 0 radical (unpaired) electrons. The Morgan fingerprint density at radius 2 is 1.83 bits per heavy atom. The van der Waals surface area contributed by atoms with Crippen molar-refractivity contribution in [2.75, 3.05) is 7.11 Å². The van der Waals surface area contributed by atoms with E-state index in [0.717, 1.165) is 17.7 Å². The number of carbonyl (C=O) groups is 1. The molecule has 0 aliphatic carbocycles. The quantitative estimate of drug-likeness (QED) is 0.844. The predicted molar refractivity (Wildman–Crippen MR) is 72.8 cm³/mol. The number of ether oxygens (including phenoxy) is 1. The number of hydrogen-bond acceptors (Lipinski definition) is 2. The van der Waals surface area contributed by atoms with Crippen molar-refractivity contribution in [1.82, 2.24) is 10.6 Å². The van der Waals surface area contributed by atoms with Crippen LogP contribution < -0.4 is 15.4 Å². The second-order valence-corrected chi connectivity index (χ2v) is 4.42. The SMILES string of the molecule is CCC(C)NC(=O)NC(C)c1ccc(OC)cc1. The Hall–Kier alpha value is -1.71. The van der Waals surface area contributed by atoms with Crippen LogP contribution in [0.15, 0.2) is 24.3 Å². The van der Waals surface area contributed by atoms with Gasteiger partial charge in [-0.25, -0.2) is 4.79 Å². The summed E-state index contributed by atoms with van der Waals surface area (Å²) in [6.45, 7) is 5.98. The highest BCUT2D eigenvalue weighted by Crippen LogP contribution is 2.16. The van der Waals surface area contributed by atoms with Crippen LogP contribution in [0.5, 0.6) is 5.75 Å². The number of amides is 2. The number of benzene rings is 1. The second-order valence-electron chi connectivity index (χ2n) is 4.42. The molecule has 0 saturated heterocycles. The Morgan fingerprint density at radius 1 is 1.22 bits per heavy atom. The Morgan fingerprint density at radius 3 is 2.33 bits per heavy atom. The van der Waals surface area contributed by atoms with Crippen molar-refractivity contribution in [3.8, 4) is 5.75 Å². The first-order valence-corrected chi connectivity index (χ1v) is 6.27. The van der Waals surface area contributed by atoms with Crippen molar-refractivity contribution >= 4 is 6.03 Å². The van der Waals surface area contributed by atoms with Crippen LogP contribution in [0, 0.1) is 0 Å². The minimum absolute atomic E-state index is 0.0278. The fraction of sp³-hybridized carbons (Fsp3) is 0.500. The first-order valence-electron chi connectivity index (χ1n) is 6.27. The van der Waals surface area contributed by atoms with Crippen molar-refractivity contribution in [3.63, 3.8) is 0 Å². The maximum atomic E-state index is 11.7. The zero-order valence-corrected chi connectivity index (χ0v) is 11.5. The third-order valence-electron chi connectivity index (χ3n) is 2.95. The molecule has 0 bridgehead atoms. The lowest BCUT2D eigenvalue weighted by Crippen LogP contribution is -2.41. The summed E-state index contributed by atoms with van der Waals surface area (Å²) in [6.07, 6.45) is 0.921. The Bertz CT molecular complexity index is 376. The molecule has 18 heavy (non-hydrogen) atoms. The number of hydrogen-bond donors (Lipinski definition) is 2. The van der Waals surface area contributed by atoms with Gasteiger partial charge in [0.05, 0.1) is 13.2 Å². The monoisotopic (exact) mass is 250 g/mol. The van der Waals surface area contributed by atoms with Gasteiger partial charge in [0.2, 0.25) is 0 Å². The molecular weight excluding hydrogens is 228 g/mol. The summed E-state index contributed by atoms with van der Waals surface area (Å²) in [5, 5.41) is 5.79. The van der Waals surface area contributed by atoms with Crippen molar-refractivity contribution in [2.45, 2.75) is 39.3 Å². The lowest BCUT2D eigenvalue weighted by molar-refractivity contribution is 0.234. The Balaban J connectivity index is 2.53. The number of carbonyl (C=O) groups excluding carboxylic acids is 1. The topological polar surface area (TPSA) is 50.4 Å². The Kier molecular flexibility index (Phi) is 5.49. The molecule has 0 aliphatic rings. The van der Waals surface area contributed by atoms with Gasteiger partial charge in [-0.1, -0.05) is 19.1 Å². The van der Waals surface area contributed by atoms with Crippen LogP contribution in [0.4, 0.5) is 4.79 Å². The molecule has 1 aromatic carbocycles. The van der Waals surface area contributed by atoms with E-state index in [9.17, 15) is 4.79 Å². The van der Waals surface area contributed by atoms with Gasteiger partial charge in [0.25, 0.3) is 0 Å². The average Bonchev–Trinajstić information content (AvgIpc) is 2.38. The van der Waals surface area contributed by atoms with Gasteiger partial charge in [0.15, 0.2) is 0 Å². The molecular formula is C14H22N2O2. The lowest BCUT2D eigenvalue weighted by Gasteiger charge is -2.17. The highest BCUT2D eigenvalue weighted by Gasteiger charge is 2.10. The minimum atomic E-state index is -0.132. The van der Waals surface area contributed by atoms with Gasteiger partial charge in [-0.05, 0) is 38.0 Å². The maximum Gasteiger partial charge on any atom is 0.315 e. The smallest absolute Gasteiger partial charge is 0.315 e. The number of rotatable bonds is 5. The van der Waals surface area contributed by atoms with Gasteiger partial charge in [0, 0.05) is 6.04 Å². The third-order valence-corrected chi connectivity index (χ3v) is 2.95. The summed E-state index contributed by atoms with van der Waals surface area (Å²) in [5.74, 6) is 0.815. The van der Waals surface area contributed by atoms with E-state index in [1.807, 2.05) is 45.0 Å². The summed E-state index contributed by atoms with van der Waals surface area (Å²) in [6, 6.07) is 7.71. The summed E-state index contributed by atoms with van der Waals surface area (Å²) in [7, 11) is 1.64. The lowest BCUT2D eigenvalue weighted by atomic mass is 10.1. The predicted octanol–water partition coefficient (Wildman–Crippen LogP) is 2.85. The van der Waals surface area contributed by atoms with Crippen molar-refractivity contribution in [1.29, 1.82) is 0 Å². The molecule has 100 valence electrons. The van der Waals surface area contributed by atoms with Crippen LogP contribution in [-0.2, 0) is 0 Å². The minimum Gasteiger partial charge on any atom is -0.497 e. The number of urea groups is 1. The van der Waals surface area contributed by atoms with Crippen LogP contribution >= 0.6 is 0 Å². The summed E-state index contributed by atoms with van der Waals surface area (Å²) >= 11 is 0. The highest BCUT2D eigenvalue weighted by atomic mass is 16.5. The standard InChI is InChI=1S/C14H22N2O2/c1-5-10(2)15-14(17)16-11(3)12-6-8-13(18-4)9-7-12/h6-11H,5H2,1-4H3,(H2,15,16,17). The fourth-order valence-corrected chi connectivity index (χ4v) is 1.54. The molecule has 0 fully saturated rings. The van der Waals surface area contributed by atoms with Crippen LogP contribution in [0.25, 0.3) is 0 Å². The van der Waals surface area contributed by atoms with Crippen molar-refractivity contribution in [3.05, 3.63) is 29.8 Å². The molecule has 0 aromatic heterocycles. The largest absolute Gasteiger partial charge is 0.497 e. The molecule has 1 aromatic rings. The molecule has 0 saturated carbocycles. The maximum absolute atomic E-state index is 11.7. The number of methoxy groups -OCH3 is 1. The van der Waals surface area contributed by atoms with Gasteiger partial charge in [0.1, 0.15) is 5.75 Å². The van der Waals surface area contributed by atoms with Gasteiger partial charge in [-0.3, -0.25) is 0 Å². The molecule has 0 heterocycles. The summed E-state index contributed by atoms with van der Waals surface area (Å²) in [4.78, 5) is 11.7. The molecule has 0 aliphatic heterocycles. The first kappa shape index (κ1) is 14.4. The van der Waals surface area contributed by atoms with E-state index in [2.05, 4.69) is 10.6 Å². The van der Waals surface area contributed by atoms with Gasteiger partial charge in [-0.2, -0.15) is 0 Å². The third kappa shape index (κ3) is 4.28. The van der Waals surface area contributed by atoms with Gasteiger partial charge in [-0.15, -0.1) is 0 Å². The normalized spacial score (nSPS) is 13.6.